The molecular formula is C21H28N2O4. The van der Waals surface area contributed by atoms with Gasteiger partial charge in [-0.3, -0.25) is 14.4 Å². The molecule has 1 aromatic rings. The highest BCUT2D eigenvalue weighted by atomic mass is 16.5. The van der Waals surface area contributed by atoms with E-state index in [9.17, 15) is 14.4 Å². The summed E-state index contributed by atoms with van der Waals surface area (Å²) in [4.78, 5) is 38.3. The van der Waals surface area contributed by atoms with Crippen LogP contribution in [0.3, 0.4) is 0 Å². The van der Waals surface area contributed by atoms with E-state index in [1.54, 1.807) is 24.3 Å². The smallest absolute Gasteiger partial charge is 0.325 e. The Kier molecular flexibility index (Phi) is 5.27. The van der Waals surface area contributed by atoms with Crippen molar-refractivity contribution in [3.8, 4) is 0 Å². The molecule has 1 aromatic carbocycles. The van der Waals surface area contributed by atoms with Gasteiger partial charge in [-0.2, -0.15) is 0 Å². The lowest BCUT2D eigenvalue weighted by Gasteiger charge is -2.39. The molecule has 2 bridgehead atoms. The number of carbonyl (C=O) groups excluding carboxylic acids is 3. The number of nitrogens with one attached hydrogen (secondary N) is 1. The molecule has 1 saturated heterocycles. The van der Waals surface area contributed by atoms with Crippen LogP contribution in [0.1, 0.15) is 50.4 Å². The van der Waals surface area contributed by atoms with Crippen molar-refractivity contribution in [2.24, 2.45) is 10.8 Å². The molecule has 2 fully saturated rings. The lowest BCUT2D eigenvalue weighted by molar-refractivity contribution is -0.151. The summed E-state index contributed by atoms with van der Waals surface area (Å²) >= 11 is 0. The summed E-state index contributed by atoms with van der Waals surface area (Å²) in [5, 5.41) is 2.51. The summed E-state index contributed by atoms with van der Waals surface area (Å²) in [6.07, 6.45) is 3.10. The molecule has 2 aliphatic rings. The van der Waals surface area contributed by atoms with Crippen LogP contribution in [-0.4, -0.2) is 48.4 Å². The third kappa shape index (κ3) is 4.67. The molecule has 0 spiro atoms. The highest BCUT2D eigenvalue weighted by molar-refractivity contribution is 5.96. The molecule has 1 N–H and O–H groups in total. The van der Waals surface area contributed by atoms with Gasteiger partial charge in [0.25, 0.3) is 11.8 Å². The van der Waals surface area contributed by atoms with E-state index in [0.717, 1.165) is 25.8 Å². The van der Waals surface area contributed by atoms with E-state index in [1.165, 1.54) is 0 Å². The number of fused-ring (bicyclic) bond motifs is 2. The monoisotopic (exact) mass is 372 g/mol. The van der Waals surface area contributed by atoms with Crippen LogP contribution in [-0.2, 0) is 14.3 Å². The van der Waals surface area contributed by atoms with Crippen LogP contribution in [0.15, 0.2) is 30.3 Å². The van der Waals surface area contributed by atoms with Gasteiger partial charge in [-0.15, -0.1) is 0 Å². The number of rotatable bonds is 5. The summed E-state index contributed by atoms with van der Waals surface area (Å²) in [6.45, 7) is 6.94. The van der Waals surface area contributed by atoms with E-state index in [4.69, 9.17) is 4.74 Å². The number of benzene rings is 1. The van der Waals surface area contributed by atoms with Crippen LogP contribution in [0.25, 0.3) is 0 Å². The molecule has 1 heterocycles. The molecule has 27 heavy (non-hydrogen) atoms. The third-order valence-electron chi connectivity index (χ3n) is 5.52. The van der Waals surface area contributed by atoms with Gasteiger partial charge < -0.3 is 15.0 Å². The van der Waals surface area contributed by atoms with Gasteiger partial charge >= 0.3 is 5.97 Å². The second-order valence-corrected chi connectivity index (χ2v) is 8.94. The Balaban J connectivity index is 1.45. The molecule has 0 aromatic heterocycles. The quantitative estimate of drug-likeness (QED) is 0.805. The molecule has 2 atom stereocenters. The van der Waals surface area contributed by atoms with Crippen molar-refractivity contribution in [1.82, 2.24) is 10.2 Å². The molecule has 0 unspecified atom stereocenters. The van der Waals surface area contributed by atoms with Crippen LogP contribution < -0.4 is 5.32 Å². The number of hydrogen-bond donors (Lipinski definition) is 1. The van der Waals surface area contributed by atoms with Gasteiger partial charge in [-0.1, -0.05) is 39.0 Å². The van der Waals surface area contributed by atoms with Crippen molar-refractivity contribution in [3.05, 3.63) is 35.9 Å². The van der Waals surface area contributed by atoms with Crippen LogP contribution in [0.2, 0.25) is 0 Å². The Morgan fingerprint density at radius 3 is 2.56 bits per heavy atom. The SMILES string of the molecule is CC1(C)C[C@@H]2C[C@@](C)(CN2C(=O)COC(=O)CNC(=O)c2ccccc2)C1. The van der Waals surface area contributed by atoms with Crippen molar-refractivity contribution in [2.45, 2.75) is 46.1 Å². The van der Waals surface area contributed by atoms with Crippen LogP contribution >= 0.6 is 0 Å². The van der Waals surface area contributed by atoms with Crippen LogP contribution in [0, 0.1) is 10.8 Å². The highest BCUT2D eigenvalue weighted by Crippen LogP contribution is 2.52. The van der Waals surface area contributed by atoms with Gasteiger partial charge in [0, 0.05) is 18.2 Å². The van der Waals surface area contributed by atoms with Gasteiger partial charge in [-0.05, 0) is 42.2 Å². The maximum absolute atomic E-state index is 12.6. The molecule has 3 rings (SSSR count). The highest BCUT2D eigenvalue weighted by Gasteiger charge is 2.50. The fourth-order valence-corrected chi connectivity index (χ4v) is 4.87. The number of ether oxygens (including phenoxy) is 1. The first-order valence-corrected chi connectivity index (χ1v) is 9.46. The standard InChI is InChI=1S/C21H28N2O4/c1-20(2)9-16-10-21(3,13-20)14-23(16)17(24)12-27-18(25)11-22-19(26)15-7-5-4-6-8-15/h4-8,16H,9-14H2,1-3H3,(H,22,26)/t16-,21-/m1/s1. The largest absolute Gasteiger partial charge is 0.454 e. The topological polar surface area (TPSA) is 75.7 Å². The Bertz CT molecular complexity index is 731. The lowest BCUT2D eigenvalue weighted by atomic mass is 9.65. The van der Waals surface area contributed by atoms with E-state index in [2.05, 4.69) is 26.1 Å². The molecule has 0 radical (unpaired) electrons. The normalized spacial score (nSPS) is 25.7. The lowest BCUT2D eigenvalue weighted by Crippen LogP contribution is -2.40. The predicted octanol–water partition coefficient (Wildman–Crippen LogP) is 2.39. The minimum atomic E-state index is -0.610. The predicted molar refractivity (Wildman–Crippen MR) is 101 cm³/mol. The molecule has 6 nitrogen and oxygen atoms in total. The zero-order valence-electron chi connectivity index (χ0n) is 16.3. The van der Waals surface area contributed by atoms with E-state index in [1.807, 2.05) is 11.0 Å². The Morgan fingerprint density at radius 1 is 1.15 bits per heavy atom. The average molecular weight is 372 g/mol. The first-order valence-electron chi connectivity index (χ1n) is 9.46. The van der Waals surface area contributed by atoms with E-state index in [-0.39, 0.29) is 41.8 Å². The van der Waals surface area contributed by atoms with E-state index >= 15 is 0 Å². The summed E-state index contributed by atoms with van der Waals surface area (Å²) in [5.41, 5.74) is 0.850. The Hall–Kier alpha value is -2.37. The second-order valence-electron chi connectivity index (χ2n) is 8.94. The molecule has 1 saturated carbocycles. The maximum Gasteiger partial charge on any atom is 0.325 e. The van der Waals surface area contributed by atoms with Crippen molar-refractivity contribution < 1.29 is 19.1 Å². The molecule has 1 aliphatic carbocycles. The van der Waals surface area contributed by atoms with Gasteiger partial charge in [0.05, 0.1) is 0 Å². The number of likely N-dealkylation sites (tertiary alicyclic amines) is 1. The summed E-state index contributed by atoms with van der Waals surface area (Å²) in [5.74, 6) is -1.10. The molecule has 6 heteroatoms. The van der Waals surface area contributed by atoms with Crippen LogP contribution in [0.4, 0.5) is 0 Å². The average Bonchev–Trinajstić information content (AvgIpc) is 2.87. The molecule has 2 amide bonds. The molecule has 146 valence electrons. The number of esters is 1. The van der Waals surface area contributed by atoms with Gasteiger partial charge in [-0.25, -0.2) is 0 Å². The van der Waals surface area contributed by atoms with Crippen LogP contribution in [0.5, 0.6) is 0 Å². The first kappa shape index (κ1) is 19.4. The van der Waals surface area contributed by atoms with Gasteiger partial charge in [0.15, 0.2) is 6.61 Å². The van der Waals surface area contributed by atoms with Gasteiger partial charge in [0.1, 0.15) is 6.54 Å². The fraction of sp³-hybridized carbons (Fsp3) is 0.571. The zero-order valence-corrected chi connectivity index (χ0v) is 16.3. The number of hydrogen-bond acceptors (Lipinski definition) is 4. The van der Waals surface area contributed by atoms with Crippen molar-refractivity contribution >= 4 is 17.8 Å². The van der Waals surface area contributed by atoms with E-state index in [0.29, 0.717) is 5.56 Å². The van der Waals surface area contributed by atoms with Gasteiger partial charge in [0.2, 0.25) is 0 Å². The second kappa shape index (κ2) is 7.33. The van der Waals surface area contributed by atoms with Crippen molar-refractivity contribution in [1.29, 1.82) is 0 Å². The fourth-order valence-electron chi connectivity index (χ4n) is 4.87. The first-order chi connectivity index (χ1) is 12.7. The third-order valence-corrected chi connectivity index (χ3v) is 5.52. The van der Waals surface area contributed by atoms with E-state index < -0.39 is 5.97 Å². The molecular weight excluding hydrogens is 344 g/mol. The van der Waals surface area contributed by atoms with Crippen molar-refractivity contribution in [2.75, 3.05) is 19.7 Å². The Labute approximate surface area is 160 Å². The molecule has 1 aliphatic heterocycles. The maximum atomic E-state index is 12.6. The summed E-state index contributed by atoms with van der Waals surface area (Å²) in [7, 11) is 0. The minimum absolute atomic E-state index is 0.149. The Morgan fingerprint density at radius 2 is 1.85 bits per heavy atom. The summed E-state index contributed by atoms with van der Waals surface area (Å²) in [6, 6.07) is 8.86. The summed E-state index contributed by atoms with van der Waals surface area (Å²) < 4.78 is 5.09. The number of amides is 2. The number of carbonyl (C=O) groups is 3. The number of nitrogens with zero attached hydrogens (tertiary/aromatic N) is 1. The van der Waals surface area contributed by atoms with Crippen molar-refractivity contribution in [3.63, 3.8) is 0 Å². The minimum Gasteiger partial charge on any atom is -0.454 e. The zero-order chi connectivity index (χ0) is 19.7.